The number of anilines is 1. The van der Waals surface area contributed by atoms with E-state index in [4.69, 9.17) is 0 Å². The van der Waals surface area contributed by atoms with Crippen LogP contribution in [0, 0.1) is 6.92 Å². The van der Waals surface area contributed by atoms with Gasteiger partial charge in [-0.3, -0.25) is 0 Å². The second kappa shape index (κ2) is 5.72. The minimum absolute atomic E-state index is 0.0375. The highest BCUT2D eigenvalue weighted by molar-refractivity contribution is 7.91. The van der Waals surface area contributed by atoms with Crippen LogP contribution in [0.25, 0.3) is 0 Å². The van der Waals surface area contributed by atoms with Gasteiger partial charge in [0.1, 0.15) is 0 Å². The summed E-state index contributed by atoms with van der Waals surface area (Å²) in [6, 6.07) is 4.32. The smallest absolute Gasteiger partial charge is 0.338 e. The lowest BCUT2D eigenvalue weighted by atomic mass is 10.1. The van der Waals surface area contributed by atoms with Gasteiger partial charge in [0.2, 0.25) is 0 Å². The fourth-order valence-electron chi connectivity index (χ4n) is 2.17. The highest BCUT2D eigenvalue weighted by Crippen LogP contribution is 2.20. The summed E-state index contributed by atoms with van der Waals surface area (Å²) >= 11 is 0. The van der Waals surface area contributed by atoms with Crippen LogP contribution in [0.3, 0.4) is 0 Å². The molecular weight excluding hydrogens is 296 g/mol. The Labute approximate surface area is 122 Å². The maximum atomic E-state index is 12.1. The minimum Gasteiger partial charge on any atom is -0.478 e. The monoisotopic (exact) mass is 312 g/mol. The summed E-state index contributed by atoms with van der Waals surface area (Å²) in [7, 11) is -3.07. The Morgan fingerprint density at radius 2 is 1.86 bits per heavy atom. The van der Waals surface area contributed by atoms with Crippen molar-refractivity contribution in [2.24, 2.45) is 0 Å². The first-order valence-electron chi connectivity index (χ1n) is 6.39. The second-order valence-corrected chi connectivity index (χ2v) is 7.18. The first-order chi connectivity index (χ1) is 9.80. The summed E-state index contributed by atoms with van der Waals surface area (Å²) in [6.07, 6.45) is 0. The first kappa shape index (κ1) is 15.3. The van der Waals surface area contributed by atoms with E-state index < -0.39 is 21.8 Å². The molecule has 8 heteroatoms. The van der Waals surface area contributed by atoms with E-state index in [0.29, 0.717) is 5.56 Å². The summed E-state index contributed by atoms with van der Waals surface area (Å²) < 4.78 is 22.7. The Morgan fingerprint density at radius 3 is 2.43 bits per heavy atom. The number of amides is 2. The van der Waals surface area contributed by atoms with Gasteiger partial charge in [0.15, 0.2) is 9.84 Å². The lowest BCUT2D eigenvalue weighted by Crippen LogP contribution is -2.45. The average molecular weight is 312 g/mol. The summed E-state index contributed by atoms with van der Waals surface area (Å²) in [6.45, 7) is 1.87. The standard InChI is InChI=1S/C13H16N2O5S/c1-9-3-2-4-10(11(9)12(16)17)14-13(18)15-5-7-21(19,20)8-6-15/h2-4H,5-8H2,1H3,(H,14,18)(H,16,17). The number of hydrogen-bond donors (Lipinski definition) is 2. The third-order valence-corrected chi connectivity index (χ3v) is 4.97. The van der Waals surface area contributed by atoms with E-state index in [1.807, 2.05) is 0 Å². The lowest BCUT2D eigenvalue weighted by Gasteiger charge is -2.27. The Balaban J connectivity index is 2.14. The van der Waals surface area contributed by atoms with Gasteiger partial charge >= 0.3 is 12.0 Å². The maximum Gasteiger partial charge on any atom is 0.338 e. The van der Waals surface area contributed by atoms with Crippen molar-refractivity contribution in [3.63, 3.8) is 0 Å². The number of carbonyl (C=O) groups excluding carboxylic acids is 1. The maximum absolute atomic E-state index is 12.1. The molecule has 1 saturated heterocycles. The van der Waals surface area contributed by atoms with Crippen molar-refractivity contribution >= 4 is 27.5 Å². The molecule has 0 atom stereocenters. The molecule has 0 aromatic heterocycles. The minimum atomic E-state index is -3.07. The number of benzene rings is 1. The molecule has 1 heterocycles. The van der Waals surface area contributed by atoms with Crippen molar-refractivity contribution in [2.75, 3.05) is 29.9 Å². The van der Waals surface area contributed by atoms with Gasteiger partial charge in [-0.05, 0) is 18.6 Å². The number of carbonyl (C=O) groups is 2. The zero-order valence-electron chi connectivity index (χ0n) is 11.5. The van der Waals surface area contributed by atoms with Crippen LogP contribution in [0.15, 0.2) is 18.2 Å². The van der Waals surface area contributed by atoms with Crippen LogP contribution in [0.2, 0.25) is 0 Å². The van der Waals surface area contributed by atoms with Crippen molar-refractivity contribution in [1.82, 2.24) is 4.90 Å². The van der Waals surface area contributed by atoms with Crippen LogP contribution in [0.5, 0.6) is 0 Å². The molecule has 1 aliphatic heterocycles. The molecule has 0 unspecified atom stereocenters. The molecule has 7 nitrogen and oxygen atoms in total. The van der Waals surface area contributed by atoms with Crippen LogP contribution in [-0.2, 0) is 9.84 Å². The number of aromatic carboxylic acids is 1. The number of carboxylic acid groups (broad SMARTS) is 1. The number of urea groups is 1. The fraction of sp³-hybridized carbons (Fsp3) is 0.385. The molecular formula is C13H16N2O5S. The van der Waals surface area contributed by atoms with Crippen LogP contribution in [0.1, 0.15) is 15.9 Å². The Hall–Kier alpha value is -2.09. The van der Waals surface area contributed by atoms with E-state index in [1.165, 1.54) is 11.0 Å². The summed E-state index contributed by atoms with van der Waals surface area (Å²) in [5, 5.41) is 11.7. The molecule has 2 rings (SSSR count). The zero-order valence-corrected chi connectivity index (χ0v) is 12.3. The van der Waals surface area contributed by atoms with Crippen molar-refractivity contribution in [3.05, 3.63) is 29.3 Å². The molecule has 0 spiro atoms. The Kier molecular flexibility index (Phi) is 4.17. The van der Waals surface area contributed by atoms with Crippen molar-refractivity contribution in [3.8, 4) is 0 Å². The van der Waals surface area contributed by atoms with E-state index in [0.717, 1.165) is 0 Å². The number of nitrogens with one attached hydrogen (secondary N) is 1. The largest absolute Gasteiger partial charge is 0.478 e. The van der Waals surface area contributed by atoms with Gasteiger partial charge in [-0.1, -0.05) is 12.1 Å². The summed E-state index contributed by atoms with van der Waals surface area (Å²) in [4.78, 5) is 24.7. The van der Waals surface area contributed by atoms with E-state index in [9.17, 15) is 23.1 Å². The average Bonchev–Trinajstić information content (AvgIpc) is 2.38. The molecule has 2 N–H and O–H groups in total. The molecule has 0 aliphatic carbocycles. The highest BCUT2D eigenvalue weighted by atomic mass is 32.2. The third kappa shape index (κ3) is 3.52. The molecule has 114 valence electrons. The van der Waals surface area contributed by atoms with Gasteiger partial charge in [-0.2, -0.15) is 0 Å². The Morgan fingerprint density at radius 1 is 1.24 bits per heavy atom. The second-order valence-electron chi connectivity index (χ2n) is 4.87. The molecule has 21 heavy (non-hydrogen) atoms. The van der Waals surface area contributed by atoms with E-state index in [1.54, 1.807) is 19.1 Å². The number of carboxylic acids is 1. The molecule has 1 aromatic carbocycles. The molecule has 1 fully saturated rings. The van der Waals surface area contributed by atoms with Gasteiger partial charge in [0, 0.05) is 13.1 Å². The normalized spacial score (nSPS) is 17.3. The summed E-state index contributed by atoms with van der Waals surface area (Å²) in [5.74, 6) is -1.26. The predicted octanol–water partition coefficient (Wildman–Crippen LogP) is 0.956. The van der Waals surface area contributed by atoms with Crippen LogP contribution >= 0.6 is 0 Å². The van der Waals surface area contributed by atoms with Gasteiger partial charge in [0.05, 0.1) is 22.8 Å². The number of rotatable bonds is 2. The van der Waals surface area contributed by atoms with Crippen LogP contribution < -0.4 is 5.32 Å². The number of aryl methyl sites for hydroxylation is 1. The topological polar surface area (TPSA) is 104 Å². The van der Waals surface area contributed by atoms with Gasteiger partial charge in [0.25, 0.3) is 0 Å². The zero-order chi connectivity index (χ0) is 15.6. The lowest BCUT2D eigenvalue weighted by molar-refractivity contribution is 0.0697. The first-order valence-corrected chi connectivity index (χ1v) is 8.21. The van der Waals surface area contributed by atoms with Crippen molar-refractivity contribution < 1.29 is 23.1 Å². The molecule has 0 saturated carbocycles. The van der Waals surface area contributed by atoms with Gasteiger partial charge in [-0.15, -0.1) is 0 Å². The quantitative estimate of drug-likeness (QED) is 0.846. The number of nitrogens with zero attached hydrogens (tertiary/aromatic N) is 1. The van der Waals surface area contributed by atoms with E-state index in [-0.39, 0.29) is 35.8 Å². The molecule has 0 radical (unpaired) electrons. The van der Waals surface area contributed by atoms with Gasteiger partial charge in [-0.25, -0.2) is 18.0 Å². The molecule has 0 bridgehead atoms. The highest BCUT2D eigenvalue weighted by Gasteiger charge is 2.26. The fourth-order valence-corrected chi connectivity index (χ4v) is 3.37. The van der Waals surface area contributed by atoms with E-state index in [2.05, 4.69) is 5.32 Å². The molecule has 2 amide bonds. The number of sulfone groups is 1. The van der Waals surface area contributed by atoms with Crippen LogP contribution in [-0.4, -0.2) is 55.0 Å². The van der Waals surface area contributed by atoms with Crippen molar-refractivity contribution in [2.45, 2.75) is 6.92 Å². The predicted molar refractivity (Wildman–Crippen MR) is 77.4 cm³/mol. The number of hydrogen-bond acceptors (Lipinski definition) is 4. The SMILES string of the molecule is Cc1cccc(NC(=O)N2CCS(=O)(=O)CC2)c1C(=O)O. The van der Waals surface area contributed by atoms with Gasteiger partial charge < -0.3 is 15.3 Å². The van der Waals surface area contributed by atoms with Crippen molar-refractivity contribution in [1.29, 1.82) is 0 Å². The Bertz CT molecular complexity index is 670. The van der Waals surface area contributed by atoms with E-state index >= 15 is 0 Å². The van der Waals surface area contributed by atoms with Crippen LogP contribution in [0.4, 0.5) is 10.5 Å². The third-order valence-electron chi connectivity index (χ3n) is 3.36. The molecule has 1 aliphatic rings. The summed E-state index contributed by atoms with van der Waals surface area (Å²) in [5.41, 5.74) is 0.790. The molecule has 1 aromatic rings.